The van der Waals surface area contributed by atoms with Crippen LogP contribution in [0.5, 0.6) is 5.75 Å². The van der Waals surface area contributed by atoms with Gasteiger partial charge in [0.05, 0.1) is 12.2 Å². The molecule has 3 heteroatoms. The average molecular weight is 283 g/mol. The molecule has 0 aliphatic rings. The van der Waals surface area contributed by atoms with Crippen molar-refractivity contribution in [2.24, 2.45) is 5.92 Å². The van der Waals surface area contributed by atoms with E-state index >= 15 is 0 Å². The molecule has 0 atom stereocenters. The van der Waals surface area contributed by atoms with E-state index in [-0.39, 0.29) is 5.91 Å². The van der Waals surface area contributed by atoms with Crippen molar-refractivity contribution in [1.82, 2.24) is 0 Å². The molecule has 0 saturated heterocycles. The lowest BCUT2D eigenvalue weighted by atomic mass is 10.1. The van der Waals surface area contributed by atoms with Gasteiger partial charge in [-0.3, -0.25) is 4.79 Å². The van der Waals surface area contributed by atoms with Gasteiger partial charge < -0.3 is 10.1 Å². The smallest absolute Gasteiger partial charge is 0.259 e. The highest BCUT2D eigenvalue weighted by atomic mass is 16.5. The molecule has 0 saturated carbocycles. The van der Waals surface area contributed by atoms with Crippen LogP contribution in [-0.2, 0) is 0 Å². The Morgan fingerprint density at radius 1 is 1.10 bits per heavy atom. The van der Waals surface area contributed by atoms with E-state index in [1.165, 1.54) is 0 Å². The number of rotatable bonds is 5. The molecule has 0 bridgehead atoms. The van der Waals surface area contributed by atoms with Crippen molar-refractivity contribution in [2.75, 3.05) is 11.9 Å². The van der Waals surface area contributed by atoms with Crippen LogP contribution in [0.1, 0.15) is 29.8 Å². The number of para-hydroxylation sites is 1. The Kier molecular flexibility index (Phi) is 4.99. The monoisotopic (exact) mass is 283 g/mol. The first-order valence-corrected chi connectivity index (χ1v) is 7.16. The first kappa shape index (κ1) is 15.1. The SMILES string of the molecule is Cc1ccc(NC(=O)c2ccccc2OCC(C)C)cc1. The molecule has 21 heavy (non-hydrogen) atoms. The zero-order valence-electron chi connectivity index (χ0n) is 12.7. The minimum absolute atomic E-state index is 0.154. The van der Waals surface area contributed by atoms with Crippen LogP contribution in [0.25, 0.3) is 0 Å². The van der Waals surface area contributed by atoms with Gasteiger partial charge in [0, 0.05) is 5.69 Å². The molecule has 2 aromatic rings. The van der Waals surface area contributed by atoms with Crippen molar-refractivity contribution in [2.45, 2.75) is 20.8 Å². The van der Waals surface area contributed by atoms with Gasteiger partial charge in [0.2, 0.25) is 0 Å². The van der Waals surface area contributed by atoms with Crippen molar-refractivity contribution in [3.8, 4) is 5.75 Å². The molecule has 2 aromatic carbocycles. The van der Waals surface area contributed by atoms with Crippen LogP contribution in [0.3, 0.4) is 0 Å². The van der Waals surface area contributed by atoms with Gasteiger partial charge in [-0.1, -0.05) is 43.7 Å². The second-order valence-corrected chi connectivity index (χ2v) is 5.52. The number of ether oxygens (including phenoxy) is 1. The molecular formula is C18H21NO2. The van der Waals surface area contributed by atoms with E-state index in [4.69, 9.17) is 4.74 Å². The Morgan fingerprint density at radius 3 is 2.43 bits per heavy atom. The zero-order chi connectivity index (χ0) is 15.2. The number of hydrogen-bond donors (Lipinski definition) is 1. The fraction of sp³-hybridized carbons (Fsp3) is 0.278. The lowest BCUT2D eigenvalue weighted by Gasteiger charge is -2.13. The molecule has 110 valence electrons. The zero-order valence-corrected chi connectivity index (χ0v) is 12.7. The summed E-state index contributed by atoms with van der Waals surface area (Å²) in [5.74, 6) is 0.882. The van der Waals surface area contributed by atoms with Crippen molar-refractivity contribution in [1.29, 1.82) is 0 Å². The maximum Gasteiger partial charge on any atom is 0.259 e. The van der Waals surface area contributed by atoms with Gasteiger partial charge in [-0.15, -0.1) is 0 Å². The van der Waals surface area contributed by atoms with Crippen LogP contribution < -0.4 is 10.1 Å². The summed E-state index contributed by atoms with van der Waals surface area (Å²) in [6, 6.07) is 15.0. The van der Waals surface area contributed by atoms with Gasteiger partial charge in [0.25, 0.3) is 5.91 Å². The van der Waals surface area contributed by atoms with Gasteiger partial charge in [-0.25, -0.2) is 0 Å². The molecule has 0 aromatic heterocycles. The summed E-state index contributed by atoms with van der Waals surface area (Å²) in [5.41, 5.74) is 2.50. The number of carbonyl (C=O) groups excluding carboxylic acids is 1. The van der Waals surface area contributed by atoms with Gasteiger partial charge >= 0.3 is 0 Å². The van der Waals surface area contributed by atoms with E-state index in [0.29, 0.717) is 23.8 Å². The highest BCUT2D eigenvalue weighted by Crippen LogP contribution is 2.20. The Balaban J connectivity index is 2.13. The number of benzene rings is 2. The van der Waals surface area contributed by atoms with Crippen molar-refractivity contribution >= 4 is 11.6 Å². The number of nitrogens with one attached hydrogen (secondary N) is 1. The Hall–Kier alpha value is -2.29. The molecule has 2 rings (SSSR count). The third-order valence-corrected chi connectivity index (χ3v) is 3.01. The highest BCUT2D eigenvalue weighted by molar-refractivity contribution is 6.06. The van der Waals surface area contributed by atoms with E-state index in [9.17, 15) is 4.79 Å². The molecule has 0 radical (unpaired) electrons. The van der Waals surface area contributed by atoms with Crippen molar-refractivity contribution < 1.29 is 9.53 Å². The maximum absolute atomic E-state index is 12.4. The minimum Gasteiger partial charge on any atom is -0.492 e. The largest absolute Gasteiger partial charge is 0.492 e. The van der Waals surface area contributed by atoms with Crippen molar-refractivity contribution in [3.63, 3.8) is 0 Å². The summed E-state index contributed by atoms with van der Waals surface area (Å²) in [6.45, 7) is 6.76. The highest BCUT2D eigenvalue weighted by Gasteiger charge is 2.12. The Labute approximate surface area is 126 Å². The standard InChI is InChI=1S/C18H21NO2/c1-13(2)12-21-17-7-5-4-6-16(17)18(20)19-15-10-8-14(3)9-11-15/h4-11,13H,12H2,1-3H3,(H,19,20). The summed E-state index contributed by atoms with van der Waals surface area (Å²) in [5, 5.41) is 2.89. The molecule has 0 spiro atoms. The van der Waals surface area contributed by atoms with E-state index < -0.39 is 0 Å². The normalized spacial score (nSPS) is 10.5. The molecule has 0 heterocycles. The fourth-order valence-electron chi connectivity index (χ4n) is 1.87. The Morgan fingerprint density at radius 2 is 1.76 bits per heavy atom. The van der Waals surface area contributed by atoms with Crippen LogP contribution in [0, 0.1) is 12.8 Å². The summed E-state index contributed by atoms with van der Waals surface area (Å²) >= 11 is 0. The lowest BCUT2D eigenvalue weighted by molar-refractivity contribution is 0.102. The van der Waals surface area contributed by atoms with E-state index in [0.717, 1.165) is 11.3 Å². The summed E-state index contributed by atoms with van der Waals surface area (Å²) in [4.78, 5) is 12.4. The first-order chi connectivity index (χ1) is 10.1. The second kappa shape index (κ2) is 6.93. The fourth-order valence-corrected chi connectivity index (χ4v) is 1.87. The van der Waals surface area contributed by atoms with E-state index in [1.807, 2.05) is 49.4 Å². The van der Waals surface area contributed by atoms with Gasteiger partial charge in [0.1, 0.15) is 5.75 Å². The molecule has 1 amide bonds. The van der Waals surface area contributed by atoms with Crippen molar-refractivity contribution in [3.05, 3.63) is 59.7 Å². The van der Waals surface area contributed by atoms with Crippen LogP contribution >= 0.6 is 0 Å². The summed E-state index contributed by atoms with van der Waals surface area (Å²) in [6.07, 6.45) is 0. The summed E-state index contributed by atoms with van der Waals surface area (Å²) in [7, 11) is 0. The second-order valence-electron chi connectivity index (χ2n) is 5.52. The van der Waals surface area contributed by atoms with Crippen LogP contribution in [0.15, 0.2) is 48.5 Å². The number of anilines is 1. The Bertz CT molecular complexity index is 603. The molecule has 0 aliphatic heterocycles. The molecule has 0 aliphatic carbocycles. The van der Waals surface area contributed by atoms with E-state index in [2.05, 4.69) is 19.2 Å². The van der Waals surface area contributed by atoms with Crippen LogP contribution in [0.4, 0.5) is 5.69 Å². The number of aryl methyl sites for hydroxylation is 1. The first-order valence-electron chi connectivity index (χ1n) is 7.16. The number of carbonyl (C=O) groups is 1. The number of hydrogen-bond acceptors (Lipinski definition) is 2. The predicted octanol–water partition coefficient (Wildman–Crippen LogP) is 4.28. The third kappa shape index (κ3) is 4.35. The van der Waals surface area contributed by atoms with Gasteiger partial charge in [-0.2, -0.15) is 0 Å². The van der Waals surface area contributed by atoms with E-state index in [1.54, 1.807) is 6.07 Å². The quantitative estimate of drug-likeness (QED) is 0.889. The third-order valence-electron chi connectivity index (χ3n) is 3.01. The number of amides is 1. The summed E-state index contributed by atoms with van der Waals surface area (Å²) < 4.78 is 5.72. The molecule has 3 nitrogen and oxygen atoms in total. The lowest BCUT2D eigenvalue weighted by Crippen LogP contribution is -2.14. The van der Waals surface area contributed by atoms with Crippen LogP contribution in [-0.4, -0.2) is 12.5 Å². The average Bonchev–Trinajstić information content (AvgIpc) is 2.47. The molecule has 0 unspecified atom stereocenters. The van der Waals surface area contributed by atoms with Gasteiger partial charge in [-0.05, 0) is 37.1 Å². The maximum atomic E-state index is 12.4. The van der Waals surface area contributed by atoms with Crippen LogP contribution in [0.2, 0.25) is 0 Å². The molecular weight excluding hydrogens is 262 g/mol. The topological polar surface area (TPSA) is 38.3 Å². The predicted molar refractivity (Wildman–Crippen MR) is 85.9 cm³/mol. The molecule has 0 fully saturated rings. The minimum atomic E-state index is -0.154. The molecule has 1 N–H and O–H groups in total. The van der Waals surface area contributed by atoms with Gasteiger partial charge in [0.15, 0.2) is 0 Å².